The maximum atomic E-state index is 13.1. The van der Waals surface area contributed by atoms with E-state index in [-0.39, 0.29) is 19.5 Å². The van der Waals surface area contributed by atoms with Gasteiger partial charge in [0.05, 0.1) is 5.75 Å². The summed E-state index contributed by atoms with van der Waals surface area (Å²) < 4.78 is 137. The van der Waals surface area contributed by atoms with E-state index < -0.39 is 46.1 Å². The van der Waals surface area contributed by atoms with Crippen molar-refractivity contribution in [1.82, 2.24) is 4.72 Å². The first kappa shape index (κ1) is 22.2. The molecule has 0 unspecified atom stereocenters. The summed E-state index contributed by atoms with van der Waals surface area (Å²) in [5.41, 5.74) is 5.00. The van der Waals surface area contributed by atoms with Gasteiger partial charge in [0.25, 0.3) is 0 Å². The van der Waals surface area contributed by atoms with Crippen LogP contribution in [0.2, 0.25) is 0 Å². The van der Waals surface area contributed by atoms with Crippen molar-refractivity contribution in [3.05, 3.63) is 0 Å². The third kappa shape index (κ3) is 5.11. The summed E-state index contributed by atoms with van der Waals surface area (Å²) in [6.45, 7) is -0.325. The molecule has 0 fully saturated rings. The van der Waals surface area contributed by atoms with Gasteiger partial charge in [0.2, 0.25) is 10.0 Å². The van der Waals surface area contributed by atoms with Crippen LogP contribution in [-0.2, 0) is 10.0 Å². The average Bonchev–Trinajstić information content (AvgIpc) is 2.35. The number of rotatable bonds is 9. The largest absolute Gasteiger partial charge is 0.460 e. The molecule has 23 heavy (non-hydrogen) atoms. The van der Waals surface area contributed by atoms with Crippen molar-refractivity contribution >= 4 is 10.0 Å². The summed E-state index contributed by atoms with van der Waals surface area (Å²) in [7, 11) is -4.57. The second kappa shape index (κ2) is 7.01. The van der Waals surface area contributed by atoms with Crippen molar-refractivity contribution in [1.29, 1.82) is 0 Å². The van der Waals surface area contributed by atoms with Crippen LogP contribution in [0.3, 0.4) is 0 Å². The highest BCUT2D eigenvalue weighted by Gasteiger charge is 2.81. The quantitative estimate of drug-likeness (QED) is 0.473. The number of halogens is 9. The molecule has 0 aromatic carbocycles. The van der Waals surface area contributed by atoms with Crippen LogP contribution in [0.4, 0.5) is 39.5 Å². The van der Waals surface area contributed by atoms with Gasteiger partial charge < -0.3 is 5.73 Å². The molecule has 0 bridgehead atoms. The van der Waals surface area contributed by atoms with Crippen molar-refractivity contribution < 1.29 is 47.9 Å². The van der Waals surface area contributed by atoms with Gasteiger partial charge in [0, 0.05) is 13.0 Å². The highest BCUT2D eigenvalue weighted by molar-refractivity contribution is 7.89. The van der Waals surface area contributed by atoms with Gasteiger partial charge in [-0.1, -0.05) is 0 Å². The Labute approximate surface area is 125 Å². The number of hydrogen-bond donors (Lipinski definition) is 2. The summed E-state index contributed by atoms with van der Waals surface area (Å²) >= 11 is 0. The van der Waals surface area contributed by atoms with Gasteiger partial charge in [-0.25, -0.2) is 13.1 Å². The van der Waals surface area contributed by atoms with Gasteiger partial charge in [0.1, 0.15) is 0 Å². The first-order valence-electron chi connectivity index (χ1n) is 5.89. The van der Waals surface area contributed by atoms with E-state index in [1.54, 1.807) is 4.72 Å². The first-order valence-corrected chi connectivity index (χ1v) is 7.54. The molecule has 0 aliphatic carbocycles. The van der Waals surface area contributed by atoms with Gasteiger partial charge >= 0.3 is 23.9 Å². The molecular formula is C9H13F9N2O2S. The second-order valence-electron chi connectivity index (χ2n) is 4.46. The van der Waals surface area contributed by atoms with Crippen LogP contribution in [0.25, 0.3) is 0 Å². The second-order valence-corrected chi connectivity index (χ2v) is 6.38. The van der Waals surface area contributed by atoms with E-state index in [0.717, 1.165) is 0 Å². The standard InChI is InChI=1S/C9H13F9N2O2S/c10-6(11,2-5-23(21,22)20-4-1-3-19)7(12,13)8(14,15)9(16,17)18/h20H,1-5,19H2. The molecule has 0 radical (unpaired) electrons. The lowest BCUT2D eigenvalue weighted by Crippen LogP contribution is -2.61. The topological polar surface area (TPSA) is 72.2 Å². The van der Waals surface area contributed by atoms with Gasteiger partial charge in [-0.2, -0.15) is 39.5 Å². The number of sulfonamides is 1. The zero-order valence-electron chi connectivity index (χ0n) is 11.2. The predicted molar refractivity (Wildman–Crippen MR) is 61.0 cm³/mol. The molecule has 0 aliphatic rings. The monoisotopic (exact) mass is 384 g/mol. The zero-order valence-corrected chi connectivity index (χ0v) is 12.1. The third-order valence-electron chi connectivity index (χ3n) is 2.60. The molecule has 0 spiro atoms. The lowest BCUT2D eigenvalue weighted by Gasteiger charge is -2.33. The normalized spacial score (nSPS) is 15.0. The molecule has 0 aliphatic heterocycles. The van der Waals surface area contributed by atoms with Crippen LogP contribution in [0.1, 0.15) is 12.8 Å². The predicted octanol–water partition coefficient (Wildman–Crippen LogP) is 2.11. The molecule has 0 rings (SSSR count). The van der Waals surface area contributed by atoms with Crippen LogP contribution in [0.15, 0.2) is 0 Å². The number of alkyl halides is 9. The highest BCUT2D eigenvalue weighted by Crippen LogP contribution is 2.53. The Morgan fingerprint density at radius 1 is 0.870 bits per heavy atom. The summed E-state index contributed by atoms with van der Waals surface area (Å²) in [6.07, 6.45) is -9.29. The molecule has 0 saturated heterocycles. The van der Waals surface area contributed by atoms with Gasteiger partial charge in [-0.05, 0) is 13.0 Å². The molecule has 0 atom stereocenters. The van der Waals surface area contributed by atoms with Crippen LogP contribution in [-0.4, -0.2) is 51.2 Å². The summed E-state index contributed by atoms with van der Waals surface area (Å²) in [6, 6.07) is 0. The zero-order chi connectivity index (χ0) is 18.7. The van der Waals surface area contributed by atoms with Crippen LogP contribution in [0.5, 0.6) is 0 Å². The summed E-state index contributed by atoms with van der Waals surface area (Å²) in [4.78, 5) is 0. The summed E-state index contributed by atoms with van der Waals surface area (Å²) in [5, 5.41) is 0. The number of nitrogens with one attached hydrogen (secondary N) is 1. The Kier molecular flexibility index (Phi) is 6.78. The van der Waals surface area contributed by atoms with Crippen LogP contribution < -0.4 is 10.5 Å². The Bertz CT molecular complexity index is 490. The minimum Gasteiger partial charge on any atom is -0.330 e. The molecule has 0 aromatic heterocycles. The van der Waals surface area contributed by atoms with Gasteiger partial charge in [-0.15, -0.1) is 0 Å². The van der Waals surface area contributed by atoms with E-state index in [2.05, 4.69) is 0 Å². The Morgan fingerprint density at radius 3 is 1.74 bits per heavy atom. The molecule has 0 aromatic rings. The van der Waals surface area contributed by atoms with Crippen molar-refractivity contribution in [2.24, 2.45) is 5.73 Å². The fourth-order valence-electron chi connectivity index (χ4n) is 1.23. The molecule has 14 heteroatoms. The van der Waals surface area contributed by atoms with Crippen molar-refractivity contribution in [2.75, 3.05) is 18.8 Å². The number of nitrogens with two attached hydrogens (primary N) is 1. The van der Waals surface area contributed by atoms with Gasteiger partial charge in [0.15, 0.2) is 0 Å². The molecule has 0 amide bonds. The van der Waals surface area contributed by atoms with E-state index in [1.807, 2.05) is 0 Å². The maximum absolute atomic E-state index is 13.1. The lowest BCUT2D eigenvalue weighted by molar-refractivity contribution is -0.396. The lowest BCUT2D eigenvalue weighted by atomic mass is 10.0. The summed E-state index contributed by atoms with van der Waals surface area (Å²) in [5.74, 6) is -21.5. The molecule has 4 nitrogen and oxygen atoms in total. The van der Waals surface area contributed by atoms with Crippen molar-refractivity contribution in [2.45, 2.75) is 36.8 Å². The van der Waals surface area contributed by atoms with E-state index >= 15 is 0 Å². The molecule has 0 heterocycles. The third-order valence-corrected chi connectivity index (χ3v) is 3.98. The van der Waals surface area contributed by atoms with E-state index in [1.165, 1.54) is 0 Å². The Hall–Kier alpha value is -0.760. The van der Waals surface area contributed by atoms with Crippen molar-refractivity contribution in [3.8, 4) is 0 Å². The molecular weight excluding hydrogens is 371 g/mol. The fourth-order valence-corrected chi connectivity index (χ4v) is 2.35. The number of hydrogen-bond acceptors (Lipinski definition) is 3. The highest BCUT2D eigenvalue weighted by atomic mass is 32.2. The smallest absolute Gasteiger partial charge is 0.330 e. The van der Waals surface area contributed by atoms with Crippen LogP contribution >= 0.6 is 0 Å². The van der Waals surface area contributed by atoms with E-state index in [4.69, 9.17) is 5.73 Å². The Balaban J connectivity index is 5.13. The molecule has 3 N–H and O–H groups in total. The average molecular weight is 384 g/mol. The maximum Gasteiger partial charge on any atom is 0.460 e. The first-order chi connectivity index (χ1) is 10.0. The van der Waals surface area contributed by atoms with Crippen molar-refractivity contribution in [3.63, 3.8) is 0 Å². The minimum absolute atomic E-state index is 0.00849. The minimum atomic E-state index is -7.03. The SMILES string of the molecule is NCCCNS(=O)(=O)CCC(F)(F)C(F)(F)C(F)(F)C(F)(F)F. The van der Waals surface area contributed by atoms with Crippen LogP contribution in [0, 0.1) is 0 Å². The fraction of sp³-hybridized carbons (Fsp3) is 1.00. The van der Waals surface area contributed by atoms with E-state index in [0.29, 0.717) is 0 Å². The Morgan fingerprint density at radius 2 is 1.35 bits per heavy atom. The molecule has 140 valence electrons. The van der Waals surface area contributed by atoms with E-state index in [9.17, 15) is 47.9 Å². The van der Waals surface area contributed by atoms with Gasteiger partial charge in [-0.3, -0.25) is 0 Å². The molecule has 0 saturated carbocycles.